The predicted octanol–water partition coefficient (Wildman–Crippen LogP) is 2.82. The lowest BCUT2D eigenvalue weighted by Gasteiger charge is -2.15. The van der Waals surface area contributed by atoms with Gasteiger partial charge in [0.1, 0.15) is 5.82 Å². The summed E-state index contributed by atoms with van der Waals surface area (Å²) in [6.45, 7) is 11.3. The minimum Gasteiger partial charge on any atom is -0.391 e. The van der Waals surface area contributed by atoms with Crippen molar-refractivity contribution in [1.29, 1.82) is 0 Å². The average molecular weight is 261 g/mol. The first-order valence-corrected chi connectivity index (χ1v) is 6.23. The van der Waals surface area contributed by atoms with Crippen molar-refractivity contribution in [3.05, 3.63) is 49.0 Å². The molecular weight excluding hydrogens is 238 g/mol. The van der Waals surface area contributed by atoms with Crippen molar-refractivity contribution in [1.82, 2.24) is 9.97 Å². The highest BCUT2D eigenvalue weighted by Gasteiger charge is 2.09. The van der Waals surface area contributed by atoms with Crippen LogP contribution in [-0.2, 0) is 6.61 Å². The molecule has 19 heavy (non-hydrogen) atoms. The molecule has 0 saturated carbocycles. The number of rotatable bonds is 5. The van der Waals surface area contributed by atoms with Crippen LogP contribution in [0.4, 0.5) is 5.82 Å². The van der Waals surface area contributed by atoms with Crippen LogP contribution in [0.3, 0.4) is 0 Å². The van der Waals surface area contributed by atoms with Gasteiger partial charge in [-0.1, -0.05) is 45.2 Å². The van der Waals surface area contributed by atoms with E-state index in [4.69, 9.17) is 0 Å². The Balaban J connectivity index is 0.00000154. The molecule has 0 spiro atoms. The van der Waals surface area contributed by atoms with E-state index in [1.807, 2.05) is 32.8 Å². The molecule has 0 saturated heterocycles. The molecule has 1 aromatic heterocycles. The van der Waals surface area contributed by atoms with Crippen LogP contribution in [0.2, 0.25) is 0 Å². The zero-order valence-electron chi connectivity index (χ0n) is 12.2. The maximum absolute atomic E-state index is 9.20. The highest BCUT2D eigenvalue weighted by atomic mass is 16.3. The SMILES string of the molecule is C=C/C=C(\C=C)c1ncc(CO)c(N(C)C)n1.CC. The second-order valence-corrected chi connectivity index (χ2v) is 3.66. The summed E-state index contributed by atoms with van der Waals surface area (Å²) in [6, 6.07) is 0. The second-order valence-electron chi connectivity index (χ2n) is 3.66. The molecule has 104 valence electrons. The molecule has 0 bridgehead atoms. The minimum atomic E-state index is -0.0810. The second kappa shape index (κ2) is 9.05. The predicted molar refractivity (Wildman–Crippen MR) is 82.0 cm³/mol. The summed E-state index contributed by atoms with van der Waals surface area (Å²) in [5, 5.41) is 9.20. The van der Waals surface area contributed by atoms with Crippen molar-refractivity contribution in [2.45, 2.75) is 20.5 Å². The van der Waals surface area contributed by atoms with E-state index in [2.05, 4.69) is 23.1 Å². The molecular formula is C15H23N3O. The third-order valence-electron chi connectivity index (χ3n) is 2.21. The number of anilines is 1. The first-order valence-electron chi connectivity index (χ1n) is 6.23. The Morgan fingerprint density at radius 1 is 1.37 bits per heavy atom. The quantitative estimate of drug-likeness (QED) is 0.828. The van der Waals surface area contributed by atoms with Gasteiger partial charge in [0.05, 0.1) is 6.61 Å². The molecule has 0 radical (unpaired) electrons. The van der Waals surface area contributed by atoms with E-state index >= 15 is 0 Å². The van der Waals surface area contributed by atoms with Gasteiger partial charge < -0.3 is 10.0 Å². The van der Waals surface area contributed by atoms with Gasteiger partial charge in [0.25, 0.3) is 0 Å². The van der Waals surface area contributed by atoms with Crippen LogP contribution in [0.1, 0.15) is 25.2 Å². The van der Waals surface area contributed by atoms with E-state index < -0.39 is 0 Å². The van der Waals surface area contributed by atoms with Gasteiger partial charge in [0.15, 0.2) is 5.82 Å². The van der Waals surface area contributed by atoms with Crippen molar-refractivity contribution >= 4 is 11.4 Å². The van der Waals surface area contributed by atoms with Crippen LogP contribution < -0.4 is 4.90 Å². The summed E-state index contributed by atoms with van der Waals surface area (Å²) < 4.78 is 0. The van der Waals surface area contributed by atoms with Crippen LogP contribution >= 0.6 is 0 Å². The molecule has 4 nitrogen and oxygen atoms in total. The molecule has 0 aliphatic heterocycles. The van der Waals surface area contributed by atoms with Crippen LogP contribution in [0.25, 0.3) is 5.57 Å². The summed E-state index contributed by atoms with van der Waals surface area (Å²) >= 11 is 0. The van der Waals surface area contributed by atoms with E-state index in [9.17, 15) is 5.11 Å². The number of allylic oxidation sites excluding steroid dienone is 4. The van der Waals surface area contributed by atoms with Crippen molar-refractivity contribution in [2.24, 2.45) is 0 Å². The number of hydrogen-bond donors (Lipinski definition) is 1. The van der Waals surface area contributed by atoms with E-state index in [1.54, 1.807) is 24.4 Å². The lowest BCUT2D eigenvalue weighted by molar-refractivity contribution is 0.281. The summed E-state index contributed by atoms with van der Waals surface area (Å²) in [5.41, 5.74) is 1.49. The highest BCUT2D eigenvalue weighted by Crippen LogP contribution is 2.18. The van der Waals surface area contributed by atoms with Gasteiger partial charge in [-0.05, 0) is 0 Å². The number of nitrogens with zero attached hydrogens (tertiary/aromatic N) is 3. The third kappa shape index (κ3) is 4.67. The summed E-state index contributed by atoms with van der Waals surface area (Å²) in [5.74, 6) is 1.27. The van der Waals surface area contributed by atoms with E-state index in [-0.39, 0.29) is 6.61 Å². The molecule has 0 atom stereocenters. The first kappa shape index (κ1) is 17.1. The highest BCUT2D eigenvalue weighted by molar-refractivity contribution is 5.71. The Kier molecular flexibility index (Phi) is 8.13. The van der Waals surface area contributed by atoms with Crippen molar-refractivity contribution in [3.8, 4) is 0 Å². The Labute approximate surface area is 115 Å². The van der Waals surface area contributed by atoms with Gasteiger partial charge in [-0.2, -0.15) is 0 Å². The van der Waals surface area contributed by atoms with Crippen LogP contribution in [0, 0.1) is 0 Å². The normalized spacial score (nSPS) is 10.3. The lowest BCUT2D eigenvalue weighted by atomic mass is 10.2. The monoisotopic (exact) mass is 261 g/mol. The molecule has 0 aliphatic carbocycles. The van der Waals surface area contributed by atoms with Crippen molar-refractivity contribution in [2.75, 3.05) is 19.0 Å². The minimum absolute atomic E-state index is 0.0810. The topological polar surface area (TPSA) is 49.3 Å². The Bertz CT molecular complexity index is 451. The van der Waals surface area contributed by atoms with Crippen molar-refractivity contribution < 1.29 is 5.11 Å². The number of aromatic nitrogens is 2. The Morgan fingerprint density at radius 2 is 2.00 bits per heavy atom. The first-order chi connectivity index (χ1) is 9.13. The zero-order valence-corrected chi connectivity index (χ0v) is 12.2. The van der Waals surface area contributed by atoms with Gasteiger partial charge in [0, 0.05) is 31.4 Å². The maximum atomic E-state index is 9.20. The number of hydrogen-bond acceptors (Lipinski definition) is 4. The fraction of sp³-hybridized carbons (Fsp3) is 0.333. The van der Waals surface area contributed by atoms with Crippen LogP contribution in [0.5, 0.6) is 0 Å². The molecule has 0 unspecified atom stereocenters. The van der Waals surface area contributed by atoms with Gasteiger partial charge in [0.2, 0.25) is 0 Å². The molecule has 1 rings (SSSR count). The van der Waals surface area contributed by atoms with Gasteiger partial charge in [-0.3, -0.25) is 0 Å². The van der Waals surface area contributed by atoms with E-state index in [0.717, 1.165) is 5.57 Å². The molecule has 1 N–H and O–H groups in total. The summed E-state index contributed by atoms with van der Waals surface area (Å²) in [4.78, 5) is 10.4. The molecule has 0 fully saturated rings. The Hall–Kier alpha value is -1.94. The maximum Gasteiger partial charge on any atom is 0.161 e. The number of aliphatic hydroxyl groups is 1. The average Bonchev–Trinajstić information content (AvgIpc) is 2.46. The number of aliphatic hydroxyl groups excluding tert-OH is 1. The van der Waals surface area contributed by atoms with Crippen LogP contribution in [-0.4, -0.2) is 29.2 Å². The molecule has 1 heterocycles. The summed E-state index contributed by atoms with van der Waals surface area (Å²) in [7, 11) is 3.74. The fourth-order valence-electron chi connectivity index (χ4n) is 1.40. The smallest absolute Gasteiger partial charge is 0.161 e. The van der Waals surface area contributed by atoms with Gasteiger partial charge in [-0.25, -0.2) is 9.97 Å². The van der Waals surface area contributed by atoms with E-state index in [1.165, 1.54) is 0 Å². The Morgan fingerprint density at radius 3 is 2.42 bits per heavy atom. The zero-order chi connectivity index (χ0) is 14.8. The largest absolute Gasteiger partial charge is 0.391 e. The summed E-state index contributed by atoms with van der Waals surface area (Å²) in [6.07, 6.45) is 6.75. The molecule has 0 aromatic carbocycles. The van der Waals surface area contributed by atoms with Gasteiger partial charge >= 0.3 is 0 Å². The molecule has 1 aromatic rings. The molecule has 4 heteroatoms. The lowest BCUT2D eigenvalue weighted by Crippen LogP contribution is -2.15. The fourth-order valence-corrected chi connectivity index (χ4v) is 1.40. The van der Waals surface area contributed by atoms with Crippen LogP contribution in [0.15, 0.2) is 37.6 Å². The third-order valence-corrected chi connectivity index (χ3v) is 2.21. The van der Waals surface area contributed by atoms with Gasteiger partial charge in [-0.15, -0.1) is 0 Å². The molecule has 0 amide bonds. The van der Waals surface area contributed by atoms with E-state index in [0.29, 0.717) is 17.2 Å². The standard InChI is InChI=1S/C13H17N3O.C2H6/c1-5-7-10(6-2)12-14-8-11(9-17)13(15-12)16(3)4;1-2/h5-8,17H,1-2,9H2,3-4H3;1-2H3/b10-7+;. The molecule has 0 aliphatic rings. The van der Waals surface area contributed by atoms with Crippen molar-refractivity contribution in [3.63, 3.8) is 0 Å².